The van der Waals surface area contributed by atoms with E-state index in [-0.39, 0.29) is 12.0 Å². The molecule has 5 rings (SSSR count). The first-order valence-corrected chi connectivity index (χ1v) is 11.4. The van der Waals surface area contributed by atoms with Crippen molar-refractivity contribution in [1.82, 2.24) is 25.2 Å². The van der Waals surface area contributed by atoms with Crippen LogP contribution in [-0.2, 0) is 4.74 Å². The van der Waals surface area contributed by atoms with Gasteiger partial charge in [0.25, 0.3) is 5.91 Å². The molecule has 0 bridgehead atoms. The van der Waals surface area contributed by atoms with Crippen molar-refractivity contribution in [2.45, 2.75) is 31.8 Å². The van der Waals surface area contributed by atoms with Crippen molar-refractivity contribution in [1.29, 1.82) is 0 Å². The zero-order valence-electron chi connectivity index (χ0n) is 18.3. The highest BCUT2D eigenvalue weighted by Crippen LogP contribution is 2.33. The molecule has 168 valence electrons. The molecule has 2 aromatic heterocycles. The van der Waals surface area contributed by atoms with Crippen LogP contribution in [0.5, 0.6) is 5.75 Å². The highest BCUT2D eigenvalue weighted by Gasteiger charge is 2.27. The minimum absolute atomic E-state index is 0.0700. The van der Waals surface area contributed by atoms with Gasteiger partial charge in [0, 0.05) is 37.9 Å². The van der Waals surface area contributed by atoms with E-state index in [0.29, 0.717) is 24.7 Å². The van der Waals surface area contributed by atoms with Gasteiger partial charge in [-0.15, -0.1) is 0 Å². The van der Waals surface area contributed by atoms with E-state index in [1.165, 1.54) is 5.56 Å². The summed E-state index contributed by atoms with van der Waals surface area (Å²) in [6.45, 7) is 6.34. The van der Waals surface area contributed by atoms with E-state index in [1.807, 2.05) is 42.3 Å². The Balaban J connectivity index is 1.27. The number of hydrogen-bond acceptors (Lipinski definition) is 6. The quantitative estimate of drug-likeness (QED) is 0.640. The van der Waals surface area contributed by atoms with Crippen LogP contribution < -0.4 is 10.1 Å². The number of carbonyl (C=O) groups is 1. The second-order valence-corrected chi connectivity index (χ2v) is 8.31. The summed E-state index contributed by atoms with van der Waals surface area (Å²) in [5, 5.41) is 3.34. The van der Waals surface area contributed by atoms with Crippen LogP contribution in [0.4, 0.5) is 0 Å². The van der Waals surface area contributed by atoms with Crippen molar-refractivity contribution in [3.05, 3.63) is 53.5 Å². The van der Waals surface area contributed by atoms with E-state index in [9.17, 15) is 4.79 Å². The number of piperidine rings is 1. The number of imidazole rings is 1. The fourth-order valence-electron chi connectivity index (χ4n) is 4.62. The summed E-state index contributed by atoms with van der Waals surface area (Å²) < 4.78 is 11.3. The molecule has 1 unspecified atom stereocenters. The smallest absolute Gasteiger partial charge is 0.253 e. The third-order valence-corrected chi connectivity index (χ3v) is 6.31. The fraction of sp³-hybridized carbons (Fsp3) is 0.458. The van der Waals surface area contributed by atoms with Gasteiger partial charge in [-0.1, -0.05) is 0 Å². The van der Waals surface area contributed by atoms with Gasteiger partial charge in [-0.05, 0) is 61.6 Å². The number of amides is 1. The van der Waals surface area contributed by atoms with Gasteiger partial charge in [0.15, 0.2) is 5.65 Å². The number of rotatable bonds is 5. The highest BCUT2D eigenvalue weighted by atomic mass is 16.5. The molecule has 2 aliphatic rings. The van der Waals surface area contributed by atoms with E-state index >= 15 is 0 Å². The Bertz CT molecular complexity index is 1070. The topological polar surface area (TPSA) is 92.4 Å². The molecule has 8 nitrogen and oxygen atoms in total. The molecule has 0 aliphatic carbocycles. The largest absolute Gasteiger partial charge is 0.494 e. The van der Waals surface area contributed by atoms with Gasteiger partial charge in [-0.2, -0.15) is 0 Å². The number of ether oxygens (including phenoxy) is 2. The lowest BCUT2D eigenvalue weighted by atomic mass is 9.89. The fourth-order valence-corrected chi connectivity index (χ4v) is 4.62. The molecule has 8 heteroatoms. The second kappa shape index (κ2) is 9.26. The number of pyridine rings is 1. The molecule has 3 aromatic rings. The Hall–Kier alpha value is -2.97. The van der Waals surface area contributed by atoms with E-state index in [4.69, 9.17) is 9.47 Å². The molecule has 32 heavy (non-hydrogen) atoms. The lowest BCUT2D eigenvalue weighted by Gasteiger charge is -2.32. The van der Waals surface area contributed by atoms with Crippen LogP contribution in [0.15, 0.2) is 36.5 Å². The maximum atomic E-state index is 12.9. The number of benzene rings is 1. The predicted molar refractivity (Wildman–Crippen MR) is 121 cm³/mol. The molecule has 0 spiro atoms. The van der Waals surface area contributed by atoms with Crippen LogP contribution in [0.25, 0.3) is 11.2 Å². The summed E-state index contributed by atoms with van der Waals surface area (Å²) in [6, 6.07) is 9.50. The van der Waals surface area contributed by atoms with Crippen molar-refractivity contribution < 1.29 is 14.3 Å². The van der Waals surface area contributed by atoms with Gasteiger partial charge in [-0.25, -0.2) is 9.97 Å². The first-order valence-electron chi connectivity index (χ1n) is 11.4. The first-order chi connectivity index (χ1) is 15.7. The van der Waals surface area contributed by atoms with Crippen molar-refractivity contribution in [2.75, 3.05) is 39.4 Å². The zero-order valence-corrected chi connectivity index (χ0v) is 18.3. The second-order valence-electron chi connectivity index (χ2n) is 8.31. The number of likely N-dealkylation sites (tertiary alicyclic amines) is 1. The summed E-state index contributed by atoms with van der Waals surface area (Å²) in [5.41, 5.74) is 3.66. The van der Waals surface area contributed by atoms with E-state index in [2.05, 4.69) is 26.3 Å². The third-order valence-electron chi connectivity index (χ3n) is 6.31. The van der Waals surface area contributed by atoms with E-state index in [0.717, 1.165) is 61.8 Å². The van der Waals surface area contributed by atoms with Crippen LogP contribution in [0.3, 0.4) is 0 Å². The Kier molecular flexibility index (Phi) is 6.05. The molecule has 2 aliphatic heterocycles. The van der Waals surface area contributed by atoms with E-state index in [1.54, 1.807) is 0 Å². The molecule has 0 radical (unpaired) electrons. The monoisotopic (exact) mass is 435 g/mol. The molecule has 1 aromatic carbocycles. The van der Waals surface area contributed by atoms with E-state index < -0.39 is 0 Å². The number of carbonyl (C=O) groups excluding carboxylic acids is 1. The first kappa shape index (κ1) is 20.9. The minimum Gasteiger partial charge on any atom is -0.494 e. The third kappa shape index (κ3) is 4.20. The Morgan fingerprint density at radius 3 is 2.75 bits per heavy atom. The van der Waals surface area contributed by atoms with Gasteiger partial charge in [0.2, 0.25) is 0 Å². The Morgan fingerprint density at radius 1 is 1.22 bits per heavy atom. The molecule has 2 N–H and O–H groups in total. The maximum Gasteiger partial charge on any atom is 0.253 e. The number of aromatic amines is 1. The van der Waals surface area contributed by atoms with Gasteiger partial charge in [-0.3, -0.25) is 4.79 Å². The molecule has 0 saturated carbocycles. The van der Waals surface area contributed by atoms with Gasteiger partial charge < -0.3 is 24.7 Å². The van der Waals surface area contributed by atoms with Gasteiger partial charge >= 0.3 is 0 Å². The average molecular weight is 436 g/mol. The van der Waals surface area contributed by atoms with Crippen molar-refractivity contribution in [3.63, 3.8) is 0 Å². The molecule has 1 amide bonds. The van der Waals surface area contributed by atoms with Crippen molar-refractivity contribution in [3.8, 4) is 5.75 Å². The summed E-state index contributed by atoms with van der Waals surface area (Å²) in [5.74, 6) is 2.06. The molecule has 1 atom stereocenters. The maximum absolute atomic E-state index is 12.9. The van der Waals surface area contributed by atoms with Crippen LogP contribution in [0.1, 0.15) is 53.5 Å². The number of fused-ring (bicyclic) bond motifs is 1. The molecular formula is C24H29N5O3. The van der Waals surface area contributed by atoms with Gasteiger partial charge in [0.1, 0.15) is 17.7 Å². The lowest BCUT2D eigenvalue weighted by Crippen LogP contribution is -2.38. The number of hydrogen-bond donors (Lipinski definition) is 2. The standard InChI is InChI=1S/C24H29N5O3/c1-2-31-18-5-3-17(4-6-18)24(30)29-12-8-16(9-13-29)19-7-10-26-23-21(19)27-22(28-23)20-15-25-11-14-32-20/h3-7,10,16,20,25H,2,8-9,11-15H2,1H3,(H,26,27,28). The summed E-state index contributed by atoms with van der Waals surface area (Å²) in [4.78, 5) is 27.5. The summed E-state index contributed by atoms with van der Waals surface area (Å²) in [6.07, 6.45) is 3.59. The Morgan fingerprint density at radius 2 is 2.03 bits per heavy atom. The molecule has 2 saturated heterocycles. The number of nitrogens with one attached hydrogen (secondary N) is 2. The van der Waals surface area contributed by atoms with Crippen LogP contribution >= 0.6 is 0 Å². The summed E-state index contributed by atoms with van der Waals surface area (Å²) >= 11 is 0. The number of H-pyrrole nitrogens is 1. The number of morpholine rings is 1. The SMILES string of the molecule is CCOc1ccc(C(=O)N2CCC(c3ccnc4nc(C5CNCCO5)[nH]c34)CC2)cc1. The van der Waals surface area contributed by atoms with Gasteiger partial charge in [0.05, 0.1) is 18.7 Å². The molecular weight excluding hydrogens is 406 g/mol. The van der Waals surface area contributed by atoms with Crippen molar-refractivity contribution in [2.24, 2.45) is 0 Å². The lowest BCUT2D eigenvalue weighted by molar-refractivity contribution is 0.0228. The van der Waals surface area contributed by atoms with Crippen molar-refractivity contribution >= 4 is 17.1 Å². The van der Waals surface area contributed by atoms with Crippen LogP contribution in [0.2, 0.25) is 0 Å². The predicted octanol–water partition coefficient (Wildman–Crippen LogP) is 3.04. The number of aromatic nitrogens is 3. The van der Waals surface area contributed by atoms with Crippen LogP contribution in [0, 0.1) is 0 Å². The van der Waals surface area contributed by atoms with Crippen LogP contribution in [-0.4, -0.2) is 65.2 Å². The molecule has 2 fully saturated rings. The Labute approximate surface area is 187 Å². The highest BCUT2D eigenvalue weighted by molar-refractivity contribution is 5.94. The molecule has 4 heterocycles. The minimum atomic E-state index is -0.0700. The number of nitrogens with zero attached hydrogens (tertiary/aromatic N) is 3. The zero-order chi connectivity index (χ0) is 21.9. The normalized spacial score (nSPS) is 19.9. The summed E-state index contributed by atoms with van der Waals surface area (Å²) in [7, 11) is 0. The average Bonchev–Trinajstić information content (AvgIpc) is 3.30.